The number of carbonyl (C=O) groups is 2. The van der Waals surface area contributed by atoms with E-state index in [-0.39, 0.29) is 0 Å². The Hall–Kier alpha value is -3.40. The number of nitrogens with one attached hydrogen (secondary N) is 1. The van der Waals surface area contributed by atoms with Gasteiger partial charge in [0.1, 0.15) is 0 Å². The summed E-state index contributed by atoms with van der Waals surface area (Å²) in [5.41, 5.74) is 2.35. The van der Waals surface area contributed by atoms with Gasteiger partial charge in [-0.25, -0.2) is 4.68 Å². The van der Waals surface area contributed by atoms with Crippen LogP contribution in [0.1, 0.15) is 24.9 Å². The normalized spacial score (nSPS) is 16.2. The third kappa shape index (κ3) is 5.06. The maximum Gasteiger partial charge on any atom is 0.273 e. The summed E-state index contributed by atoms with van der Waals surface area (Å²) in [6, 6.07) is 15.8. The van der Waals surface area contributed by atoms with Crippen molar-refractivity contribution in [2.75, 3.05) is 18.1 Å². The molecule has 1 aromatic heterocycles. The van der Waals surface area contributed by atoms with Gasteiger partial charge in [-0.2, -0.15) is 5.10 Å². The van der Waals surface area contributed by atoms with Crippen LogP contribution in [0.4, 0.5) is 5.69 Å². The minimum Gasteiger partial charge on any atom is -0.380 e. The van der Waals surface area contributed by atoms with E-state index in [4.69, 9.17) is 11.6 Å². The average molecular weight is 484 g/mol. The monoisotopic (exact) mass is 483 g/mol. The van der Waals surface area contributed by atoms with E-state index in [1.807, 2.05) is 36.5 Å². The molecule has 4 rings (SSSR count). The summed E-state index contributed by atoms with van der Waals surface area (Å²) in [6.07, 6.45) is 0.359. The molecule has 9 nitrogen and oxygen atoms in total. The fourth-order valence-corrected chi connectivity index (χ4v) is 4.08. The first-order valence-electron chi connectivity index (χ1n) is 11.0. The number of hydrogen-bond donors (Lipinski definition) is 3. The highest BCUT2D eigenvalue weighted by Gasteiger charge is 2.38. The smallest absolute Gasteiger partial charge is 0.273 e. The Morgan fingerprint density at radius 1 is 1.03 bits per heavy atom. The van der Waals surface area contributed by atoms with Crippen molar-refractivity contribution in [3.05, 3.63) is 77.6 Å². The van der Waals surface area contributed by atoms with Gasteiger partial charge in [0.25, 0.3) is 11.8 Å². The fraction of sp³-hybridized carbons (Fsp3) is 0.292. The Balaban J connectivity index is 1.38. The first-order valence-corrected chi connectivity index (χ1v) is 11.3. The quantitative estimate of drug-likeness (QED) is 0.474. The SMILES string of the molecule is C[C@@H](NC(=O)[C@H](O)[C@@H](O)C(=O)N1CCCN1c1cccc(Cl)c1)c1ccc(-n2cccn2)cc1. The number of anilines is 1. The Morgan fingerprint density at radius 2 is 1.79 bits per heavy atom. The lowest BCUT2D eigenvalue weighted by Crippen LogP contribution is -2.53. The number of aliphatic hydroxyl groups excluding tert-OH is 2. The third-order valence-corrected chi connectivity index (χ3v) is 5.97. The second kappa shape index (κ2) is 10.3. The molecule has 0 aliphatic carbocycles. The molecule has 1 aliphatic heterocycles. The van der Waals surface area contributed by atoms with Crippen molar-refractivity contribution >= 4 is 29.1 Å². The molecule has 2 aromatic carbocycles. The molecule has 178 valence electrons. The number of carbonyl (C=O) groups excluding carboxylic acids is 2. The Bertz CT molecular complexity index is 1140. The number of nitrogens with zero attached hydrogens (tertiary/aromatic N) is 4. The van der Waals surface area contributed by atoms with Gasteiger partial charge in [-0.15, -0.1) is 0 Å². The van der Waals surface area contributed by atoms with E-state index in [2.05, 4.69) is 10.4 Å². The minimum absolute atomic E-state index is 0.357. The van der Waals surface area contributed by atoms with E-state index < -0.39 is 30.1 Å². The number of hydrogen-bond acceptors (Lipinski definition) is 6. The van der Waals surface area contributed by atoms with Gasteiger partial charge in [0.2, 0.25) is 0 Å². The standard InChI is InChI=1S/C24H26ClN5O4/c1-16(17-7-9-19(10-8-17)28-12-3-11-26-28)27-23(33)21(31)22(32)24(34)30-14-4-13-29(30)20-6-2-5-18(25)15-20/h2-3,5-12,15-16,21-22,31-32H,4,13-14H2,1H3,(H,27,33)/t16-,21-,22-/m1/s1. The lowest BCUT2D eigenvalue weighted by Gasteiger charge is -2.32. The van der Waals surface area contributed by atoms with Crippen molar-refractivity contribution < 1.29 is 19.8 Å². The lowest BCUT2D eigenvalue weighted by atomic mass is 10.1. The number of amides is 2. The average Bonchev–Trinajstić information content (AvgIpc) is 3.55. The van der Waals surface area contributed by atoms with Crippen LogP contribution in [0.25, 0.3) is 5.69 Å². The van der Waals surface area contributed by atoms with Gasteiger partial charge >= 0.3 is 0 Å². The van der Waals surface area contributed by atoms with Crippen LogP contribution in [0.3, 0.4) is 0 Å². The van der Waals surface area contributed by atoms with Gasteiger partial charge in [-0.1, -0.05) is 29.8 Å². The van der Waals surface area contributed by atoms with E-state index in [1.54, 1.807) is 47.1 Å². The van der Waals surface area contributed by atoms with Crippen LogP contribution in [0.5, 0.6) is 0 Å². The molecule has 2 heterocycles. The molecule has 0 unspecified atom stereocenters. The maximum absolute atomic E-state index is 12.9. The van der Waals surface area contributed by atoms with Gasteiger partial charge in [0.15, 0.2) is 12.2 Å². The predicted molar refractivity (Wildman–Crippen MR) is 127 cm³/mol. The summed E-state index contributed by atoms with van der Waals surface area (Å²) in [5.74, 6) is -1.59. The van der Waals surface area contributed by atoms with Gasteiger partial charge in [-0.3, -0.25) is 19.6 Å². The summed E-state index contributed by atoms with van der Waals surface area (Å²) in [4.78, 5) is 25.5. The molecule has 0 saturated carbocycles. The second-order valence-electron chi connectivity index (χ2n) is 8.08. The van der Waals surface area contributed by atoms with E-state index in [0.717, 1.165) is 11.3 Å². The minimum atomic E-state index is -1.92. The summed E-state index contributed by atoms with van der Waals surface area (Å²) in [5, 5.41) is 31.3. The second-order valence-corrected chi connectivity index (χ2v) is 8.52. The zero-order valence-electron chi connectivity index (χ0n) is 18.6. The summed E-state index contributed by atoms with van der Waals surface area (Å²) >= 11 is 6.06. The molecule has 1 aliphatic rings. The first kappa shape index (κ1) is 23.7. The van der Waals surface area contributed by atoms with Gasteiger partial charge in [-0.05, 0) is 55.3 Å². The van der Waals surface area contributed by atoms with E-state index in [0.29, 0.717) is 30.2 Å². The molecule has 0 radical (unpaired) electrons. The fourth-order valence-electron chi connectivity index (χ4n) is 3.90. The zero-order chi connectivity index (χ0) is 24.2. The van der Waals surface area contributed by atoms with Crippen molar-refractivity contribution in [3.8, 4) is 5.69 Å². The molecule has 2 amide bonds. The van der Waals surface area contributed by atoms with Crippen molar-refractivity contribution in [2.45, 2.75) is 31.6 Å². The molecule has 3 N–H and O–H groups in total. The van der Waals surface area contributed by atoms with Crippen molar-refractivity contribution in [1.29, 1.82) is 0 Å². The number of halogens is 1. The van der Waals surface area contributed by atoms with Gasteiger partial charge in [0, 0.05) is 30.5 Å². The molecule has 3 aromatic rings. The third-order valence-electron chi connectivity index (χ3n) is 5.73. The Kier molecular flexibility index (Phi) is 7.16. The molecule has 34 heavy (non-hydrogen) atoms. The molecular formula is C24H26ClN5O4. The summed E-state index contributed by atoms with van der Waals surface area (Å²) in [7, 11) is 0. The predicted octanol–water partition coefficient (Wildman–Crippen LogP) is 2.08. The summed E-state index contributed by atoms with van der Waals surface area (Å²) in [6.45, 7) is 2.66. The van der Waals surface area contributed by atoms with Crippen LogP contribution in [0.2, 0.25) is 5.02 Å². The Morgan fingerprint density at radius 3 is 2.47 bits per heavy atom. The number of hydrazine groups is 1. The molecule has 1 saturated heterocycles. The first-order chi connectivity index (χ1) is 16.3. The molecule has 1 fully saturated rings. The number of aromatic nitrogens is 2. The van der Waals surface area contributed by atoms with Crippen LogP contribution in [0, 0.1) is 0 Å². The number of rotatable bonds is 7. The van der Waals surface area contributed by atoms with Crippen LogP contribution in [0.15, 0.2) is 67.0 Å². The maximum atomic E-state index is 12.9. The van der Waals surface area contributed by atoms with Crippen molar-refractivity contribution in [2.24, 2.45) is 0 Å². The van der Waals surface area contributed by atoms with Crippen LogP contribution in [-0.4, -0.2) is 62.1 Å². The molecule has 3 atom stereocenters. The van der Waals surface area contributed by atoms with Crippen LogP contribution in [-0.2, 0) is 9.59 Å². The molecule has 0 bridgehead atoms. The summed E-state index contributed by atoms with van der Waals surface area (Å²) < 4.78 is 1.71. The highest BCUT2D eigenvalue weighted by molar-refractivity contribution is 6.30. The van der Waals surface area contributed by atoms with E-state index >= 15 is 0 Å². The van der Waals surface area contributed by atoms with E-state index in [9.17, 15) is 19.8 Å². The number of aliphatic hydroxyl groups is 2. The number of benzene rings is 2. The van der Waals surface area contributed by atoms with Gasteiger partial charge in [0.05, 0.1) is 17.4 Å². The Labute approximate surface area is 202 Å². The topological polar surface area (TPSA) is 111 Å². The van der Waals surface area contributed by atoms with Crippen molar-refractivity contribution in [1.82, 2.24) is 20.1 Å². The van der Waals surface area contributed by atoms with Gasteiger partial charge < -0.3 is 15.5 Å². The molecular weight excluding hydrogens is 458 g/mol. The lowest BCUT2D eigenvalue weighted by molar-refractivity contribution is -0.153. The van der Waals surface area contributed by atoms with Crippen molar-refractivity contribution in [3.63, 3.8) is 0 Å². The molecule has 10 heteroatoms. The zero-order valence-corrected chi connectivity index (χ0v) is 19.3. The largest absolute Gasteiger partial charge is 0.380 e. The van der Waals surface area contributed by atoms with E-state index in [1.165, 1.54) is 5.01 Å². The van der Waals surface area contributed by atoms with Crippen LogP contribution >= 0.6 is 11.6 Å². The molecule has 0 spiro atoms. The highest BCUT2D eigenvalue weighted by Crippen LogP contribution is 2.25. The highest BCUT2D eigenvalue weighted by atomic mass is 35.5. The van der Waals surface area contributed by atoms with Crippen LogP contribution < -0.4 is 10.3 Å².